The molecule has 1 heterocycles. The van der Waals surface area contributed by atoms with E-state index in [1.807, 2.05) is 44.1 Å². The summed E-state index contributed by atoms with van der Waals surface area (Å²) in [7, 11) is 3.87. The standard InChI is InChI=1S/C21H29N3O2/c1-14(2)18-10-9-15(3)12-19(18)26-16(4)21(25)23-13-17-8-7-11-22-20(17)24(5)6/h7-12,14,16H,13H2,1-6H3,(H,23,25). The highest BCUT2D eigenvalue weighted by Gasteiger charge is 2.18. The molecule has 140 valence electrons. The average Bonchev–Trinajstić information content (AvgIpc) is 2.59. The van der Waals surface area contributed by atoms with Crippen molar-refractivity contribution in [2.45, 2.75) is 46.3 Å². The summed E-state index contributed by atoms with van der Waals surface area (Å²) in [5.74, 6) is 1.81. The first-order chi connectivity index (χ1) is 12.3. The van der Waals surface area contributed by atoms with Gasteiger partial charge >= 0.3 is 0 Å². The van der Waals surface area contributed by atoms with Gasteiger partial charge in [-0.1, -0.05) is 32.0 Å². The van der Waals surface area contributed by atoms with Crippen LogP contribution in [-0.2, 0) is 11.3 Å². The van der Waals surface area contributed by atoms with E-state index in [2.05, 4.69) is 36.3 Å². The molecule has 1 N–H and O–H groups in total. The molecule has 5 nitrogen and oxygen atoms in total. The number of nitrogens with one attached hydrogen (secondary N) is 1. The van der Waals surface area contributed by atoms with Crippen LogP contribution in [0.5, 0.6) is 5.75 Å². The van der Waals surface area contributed by atoms with Crippen LogP contribution in [0.2, 0.25) is 0 Å². The van der Waals surface area contributed by atoms with Crippen LogP contribution in [-0.4, -0.2) is 31.1 Å². The van der Waals surface area contributed by atoms with Crippen LogP contribution in [0.4, 0.5) is 5.82 Å². The second kappa shape index (κ2) is 8.70. The van der Waals surface area contributed by atoms with E-state index in [1.165, 1.54) is 0 Å². The highest BCUT2D eigenvalue weighted by molar-refractivity contribution is 5.80. The molecule has 0 spiro atoms. The third kappa shape index (κ3) is 4.97. The molecule has 26 heavy (non-hydrogen) atoms. The molecule has 1 amide bonds. The molecule has 1 unspecified atom stereocenters. The number of amides is 1. The molecule has 0 saturated carbocycles. The molecular formula is C21H29N3O2. The van der Waals surface area contributed by atoms with Gasteiger partial charge in [0.15, 0.2) is 6.10 Å². The topological polar surface area (TPSA) is 54.5 Å². The lowest BCUT2D eigenvalue weighted by Gasteiger charge is -2.20. The van der Waals surface area contributed by atoms with Crippen LogP contribution in [0.25, 0.3) is 0 Å². The van der Waals surface area contributed by atoms with Crippen molar-refractivity contribution < 1.29 is 9.53 Å². The fourth-order valence-electron chi connectivity index (χ4n) is 2.76. The van der Waals surface area contributed by atoms with Crippen molar-refractivity contribution in [1.82, 2.24) is 10.3 Å². The molecule has 1 aromatic carbocycles. The summed E-state index contributed by atoms with van der Waals surface area (Å²) in [4.78, 5) is 18.8. The van der Waals surface area contributed by atoms with Gasteiger partial charge in [0, 0.05) is 32.4 Å². The van der Waals surface area contributed by atoms with Gasteiger partial charge in [0.1, 0.15) is 11.6 Å². The van der Waals surface area contributed by atoms with Gasteiger partial charge in [-0.2, -0.15) is 0 Å². The van der Waals surface area contributed by atoms with E-state index in [-0.39, 0.29) is 5.91 Å². The molecule has 0 bridgehead atoms. The van der Waals surface area contributed by atoms with Gasteiger partial charge in [0.25, 0.3) is 5.91 Å². The molecule has 2 aromatic rings. The number of anilines is 1. The fraction of sp³-hybridized carbons (Fsp3) is 0.429. The Hall–Kier alpha value is -2.56. The van der Waals surface area contributed by atoms with E-state index in [0.717, 1.165) is 28.3 Å². The van der Waals surface area contributed by atoms with E-state index < -0.39 is 6.10 Å². The summed E-state index contributed by atoms with van der Waals surface area (Å²) in [6.45, 7) is 8.45. The van der Waals surface area contributed by atoms with E-state index in [4.69, 9.17) is 4.74 Å². The highest BCUT2D eigenvalue weighted by atomic mass is 16.5. The third-order valence-electron chi connectivity index (χ3n) is 4.21. The Bertz CT molecular complexity index is 757. The Labute approximate surface area is 156 Å². The maximum absolute atomic E-state index is 12.5. The van der Waals surface area contributed by atoms with Crippen molar-refractivity contribution in [3.05, 3.63) is 53.2 Å². The summed E-state index contributed by atoms with van der Waals surface area (Å²) in [6, 6.07) is 9.96. The zero-order chi connectivity index (χ0) is 19.3. The number of hydrogen-bond acceptors (Lipinski definition) is 4. The predicted octanol–water partition coefficient (Wildman–Crippen LogP) is 3.66. The number of aromatic nitrogens is 1. The monoisotopic (exact) mass is 355 g/mol. The van der Waals surface area contributed by atoms with E-state index in [9.17, 15) is 4.79 Å². The molecule has 0 aliphatic heterocycles. The lowest BCUT2D eigenvalue weighted by molar-refractivity contribution is -0.127. The van der Waals surface area contributed by atoms with Gasteiger partial charge in [0.05, 0.1) is 0 Å². The maximum atomic E-state index is 12.5. The summed E-state index contributed by atoms with van der Waals surface area (Å²) in [5, 5.41) is 2.95. The second-order valence-corrected chi connectivity index (χ2v) is 7.05. The summed E-state index contributed by atoms with van der Waals surface area (Å²) < 4.78 is 5.98. The van der Waals surface area contributed by atoms with Crippen molar-refractivity contribution in [1.29, 1.82) is 0 Å². The summed E-state index contributed by atoms with van der Waals surface area (Å²) >= 11 is 0. The molecule has 1 aromatic heterocycles. The quantitative estimate of drug-likeness (QED) is 0.823. The van der Waals surface area contributed by atoms with E-state index in [1.54, 1.807) is 13.1 Å². The van der Waals surface area contributed by atoms with Gasteiger partial charge in [-0.15, -0.1) is 0 Å². The van der Waals surface area contributed by atoms with Crippen LogP contribution in [0, 0.1) is 6.92 Å². The average molecular weight is 355 g/mol. The number of nitrogens with zero attached hydrogens (tertiary/aromatic N) is 2. The highest BCUT2D eigenvalue weighted by Crippen LogP contribution is 2.28. The first-order valence-corrected chi connectivity index (χ1v) is 8.95. The van der Waals surface area contributed by atoms with Crippen LogP contribution in [0.3, 0.4) is 0 Å². The number of rotatable bonds is 7. The van der Waals surface area contributed by atoms with Crippen LogP contribution in [0.1, 0.15) is 43.4 Å². The largest absolute Gasteiger partial charge is 0.481 e. The number of carbonyl (C=O) groups is 1. The van der Waals surface area contributed by atoms with Gasteiger partial charge in [-0.3, -0.25) is 4.79 Å². The van der Waals surface area contributed by atoms with Gasteiger partial charge in [-0.25, -0.2) is 4.98 Å². The molecule has 0 radical (unpaired) electrons. The van der Waals surface area contributed by atoms with Crippen molar-refractivity contribution in [3.63, 3.8) is 0 Å². The van der Waals surface area contributed by atoms with Crippen molar-refractivity contribution in [2.75, 3.05) is 19.0 Å². The van der Waals surface area contributed by atoms with Crippen LogP contribution < -0.4 is 15.0 Å². The number of carbonyl (C=O) groups excluding carboxylic acids is 1. The minimum absolute atomic E-state index is 0.144. The van der Waals surface area contributed by atoms with Crippen LogP contribution in [0.15, 0.2) is 36.5 Å². The van der Waals surface area contributed by atoms with Gasteiger partial charge < -0.3 is 15.0 Å². The minimum Gasteiger partial charge on any atom is -0.481 e. The first kappa shape index (κ1) is 19.8. The molecule has 2 rings (SSSR count). The lowest BCUT2D eigenvalue weighted by Crippen LogP contribution is -2.36. The zero-order valence-electron chi connectivity index (χ0n) is 16.5. The van der Waals surface area contributed by atoms with Crippen molar-refractivity contribution in [3.8, 4) is 5.75 Å². The van der Waals surface area contributed by atoms with Gasteiger partial charge in [-0.05, 0) is 43.0 Å². The molecule has 0 saturated heterocycles. The molecule has 0 aliphatic carbocycles. The number of aryl methyl sites for hydroxylation is 1. The predicted molar refractivity (Wildman–Crippen MR) is 106 cm³/mol. The first-order valence-electron chi connectivity index (χ1n) is 8.95. The number of hydrogen-bond donors (Lipinski definition) is 1. The summed E-state index contributed by atoms with van der Waals surface area (Å²) in [6.07, 6.45) is 1.17. The molecule has 5 heteroatoms. The third-order valence-corrected chi connectivity index (χ3v) is 4.21. The lowest BCUT2D eigenvalue weighted by atomic mass is 10.0. The van der Waals surface area contributed by atoms with E-state index in [0.29, 0.717) is 12.5 Å². The Morgan fingerprint density at radius 2 is 1.96 bits per heavy atom. The number of pyridine rings is 1. The smallest absolute Gasteiger partial charge is 0.261 e. The van der Waals surface area contributed by atoms with Crippen LogP contribution >= 0.6 is 0 Å². The number of ether oxygens (including phenoxy) is 1. The molecule has 1 atom stereocenters. The fourth-order valence-corrected chi connectivity index (χ4v) is 2.76. The van der Waals surface area contributed by atoms with Crippen molar-refractivity contribution >= 4 is 11.7 Å². The molecular weight excluding hydrogens is 326 g/mol. The van der Waals surface area contributed by atoms with Crippen molar-refractivity contribution in [2.24, 2.45) is 0 Å². The second-order valence-electron chi connectivity index (χ2n) is 7.05. The summed E-state index contributed by atoms with van der Waals surface area (Å²) in [5.41, 5.74) is 3.19. The molecule has 0 fully saturated rings. The normalized spacial score (nSPS) is 12.0. The van der Waals surface area contributed by atoms with E-state index >= 15 is 0 Å². The number of benzene rings is 1. The Kier molecular flexibility index (Phi) is 6.61. The van der Waals surface area contributed by atoms with Gasteiger partial charge in [0.2, 0.25) is 0 Å². The Morgan fingerprint density at radius 3 is 2.62 bits per heavy atom. The maximum Gasteiger partial charge on any atom is 0.261 e. The minimum atomic E-state index is -0.575. The SMILES string of the molecule is Cc1ccc(C(C)C)c(OC(C)C(=O)NCc2cccnc2N(C)C)c1. The Balaban J connectivity index is 2.04. The zero-order valence-corrected chi connectivity index (χ0v) is 16.5. The molecule has 0 aliphatic rings. The Morgan fingerprint density at radius 1 is 1.23 bits per heavy atom.